The number of hydrogen-bond donors (Lipinski definition) is 2. The van der Waals surface area contributed by atoms with Crippen LogP contribution in [0.25, 0.3) is 0 Å². The van der Waals surface area contributed by atoms with Crippen LogP contribution in [-0.2, 0) is 14.8 Å². The molecule has 3 N–H and O–H groups in total. The van der Waals surface area contributed by atoms with Crippen molar-refractivity contribution in [2.24, 2.45) is 0 Å². The summed E-state index contributed by atoms with van der Waals surface area (Å²) in [6.45, 7) is 1.11. The Morgan fingerprint density at radius 1 is 1.37 bits per heavy atom. The number of nitrogens with one attached hydrogen (secondary N) is 1. The summed E-state index contributed by atoms with van der Waals surface area (Å²) in [6, 6.07) is 0. The second kappa shape index (κ2) is 6.27. The maximum atomic E-state index is 11.9. The van der Waals surface area contributed by atoms with Crippen LogP contribution in [-0.4, -0.2) is 37.6 Å². The fourth-order valence-corrected chi connectivity index (χ4v) is 2.87. The van der Waals surface area contributed by atoms with Gasteiger partial charge in [-0.15, -0.1) is 0 Å². The molecule has 8 heteroatoms. The third-order valence-corrected chi connectivity index (χ3v) is 4.41. The van der Waals surface area contributed by atoms with Crippen molar-refractivity contribution in [3.8, 4) is 0 Å². The minimum atomic E-state index is -3.56. The maximum absolute atomic E-state index is 11.9. The molecule has 1 saturated heterocycles. The fourth-order valence-electron chi connectivity index (χ4n) is 1.94. The number of sulfonamides is 1. The van der Waals surface area contributed by atoms with Crippen LogP contribution in [0.2, 0.25) is 0 Å². The van der Waals surface area contributed by atoms with Gasteiger partial charge in [0.05, 0.1) is 18.5 Å². The first-order valence-corrected chi connectivity index (χ1v) is 7.75. The van der Waals surface area contributed by atoms with Gasteiger partial charge in [0, 0.05) is 13.2 Å². The van der Waals surface area contributed by atoms with Crippen LogP contribution in [0.3, 0.4) is 0 Å². The van der Waals surface area contributed by atoms with Crippen molar-refractivity contribution in [3.05, 3.63) is 12.4 Å². The molecule has 106 valence electrons. The molecule has 1 aromatic heterocycles. The van der Waals surface area contributed by atoms with E-state index in [1.807, 2.05) is 0 Å². The van der Waals surface area contributed by atoms with E-state index in [0.717, 1.165) is 25.9 Å². The van der Waals surface area contributed by atoms with Gasteiger partial charge >= 0.3 is 0 Å². The normalized spacial score (nSPS) is 20.3. The minimum absolute atomic E-state index is 0.0197. The molecule has 0 aliphatic carbocycles. The molecule has 7 nitrogen and oxygen atoms in total. The van der Waals surface area contributed by atoms with Crippen LogP contribution in [0.1, 0.15) is 25.7 Å². The SMILES string of the molecule is Nc1ncc(S(=O)(=O)NCCC2CCCCO2)cn1. The summed E-state index contributed by atoms with van der Waals surface area (Å²) in [5.41, 5.74) is 5.31. The highest BCUT2D eigenvalue weighted by atomic mass is 32.2. The Balaban J connectivity index is 1.85. The van der Waals surface area contributed by atoms with Gasteiger partial charge in [-0.1, -0.05) is 0 Å². The molecule has 1 aromatic rings. The zero-order chi connectivity index (χ0) is 13.7. The Morgan fingerprint density at radius 3 is 2.74 bits per heavy atom. The molecule has 0 saturated carbocycles. The Hall–Kier alpha value is -1.25. The van der Waals surface area contributed by atoms with Crippen LogP contribution < -0.4 is 10.5 Å². The second-order valence-electron chi connectivity index (χ2n) is 4.45. The molecule has 2 heterocycles. The van der Waals surface area contributed by atoms with Crippen molar-refractivity contribution in [1.82, 2.24) is 14.7 Å². The molecular weight excluding hydrogens is 268 g/mol. The molecule has 0 bridgehead atoms. The van der Waals surface area contributed by atoms with Gasteiger partial charge in [0.25, 0.3) is 0 Å². The van der Waals surface area contributed by atoms with E-state index in [1.54, 1.807) is 0 Å². The summed E-state index contributed by atoms with van der Waals surface area (Å²) in [5.74, 6) is 0.0505. The number of nitrogens with zero attached hydrogens (tertiary/aromatic N) is 2. The average molecular weight is 286 g/mol. The molecule has 1 aliphatic rings. The quantitative estimate of drug-likeness (QED) is 0.806. The Morgan fingerprint density at radius 2 is 2.11 bits per heavy atom. The van der Waals surface area contributed by atoms with Crippen molar-refractivity contribution in [2.75, 3.05) is 18.9 Å². The molecule has 1 atom stereocenters. The minimum Gasteiger partial charge on any atom is -0.378 e. The zero-order valence-electron chi connectivity index (χ0n) is 10.6. The Bertz CT molecular complexity index is 497. The van der Waals surface area contributed by atoms with Gasteiger partial charge in [0.1, 0.15) is 4.90 Å². The molecule has 19 heavy (non-hydrogen) atoms. The molecule has 2 rings (SSSR count). The van der Waals surface area contributed by atoms with Crippen molar-refractivity contribution in [1.29, 1.82) is 0 Å². The van der Waals surface area contributed by atoms with E-state index in [0.29, 0.717) is 13.0 Å². The average Bonchev–Trinajstić information content (AvgIpc) is 2.40. The summed E-state index contributed by atoms with van der Waals surface area (Å²) >= 11 is 0. The van der Waals surface area contributed by atoms with E-state index in [2.05, 4.69) is 14.7 Å². The van der Waals surface area contributed by atoms with Crippen molar-refractivity contribution >= 4 is 16.0 Å². The number of aromatic nitrogens is 2. The summed E-state index contributed by atoms with van der Waals surface area (Å²) < 4.78 is 31.9. The molecule has 1 fully saturated rings. The van der Waals surface area contributed by atoms with Gasteiger partial charge in [0.15, 0.2) is 0 Å². The lowest BCUT2D eigenvalue weighted by Gasteiger charge is -2.22. The molecule has 0 amide bonds. The fraction of sp³-hybridized carbons (Fsp3) is 0.636. The van der Waals surface area contributed by atoms with Gasteiger partial charge in [-0.25, -0.2) is 23.1 Å². The zero-order valence-corrected chi connectivity index (χ0v) is 11.4. The van der Waals surface area contributed by atoms with Gasteiger partial charge in [-0.05, 0) is 25.7 Å². The molecule has 0 radical (unpaired) electrons. The lowest BCUT2D eigenvalue weighted by atomic mass is 10.1. The van der Waals surface area contributed by atoms with E-state index in [-0.39, 0.29) is 16.9 Å². The predicted octanol–water partition coefficient (Wildman–Crippen LogP) is 0.296. The third-order valence-electron chi connectivity index (χ3n) is 2.99. The Labute approximate surface area is 112 Å². The highest BCUT2D eigenvalue weighted by Gasteiger charge is 2.17. The van der Waals surface area contributed by atoms with E-state index in [4.69, 9.17) is 10.5 Å². The first kappa shape index (κ1) is 14.2. The topological polar surface area (TPSA) is 107 Å². The number of anilines is 1. The summed E-state index contributed by atoms with van der Waals surface area (Å²) in [7, 11) is -3.56. The number of nitrogen functional groups attached to an aromatic ring is 1. The van der Waals surface area contributed by atoms with Crippen LogP contribution in [0, 0.1) is 0 Å². The Kier molecular flexibility index (Phi) is 4.67. The molecule has 1 unspecified atom stereocenters. The molecular formula is C11H18N4O3S. The third kappa shape index (κ3) is 4.12. The number of ether oxygens (including phenoxy) is 1. The highest BCUT2D eigenvalue weighted by molar-refractivity contribution is 7.89. The van der Waals surface area contributed by atoms with Crippen molar-refractivity contribution in [3.63, 3.8) is 0 Å². The number of rotatable bonds is 5. The monoisotopic (exact) mass is 286 g/mol. The largest absolute Gasteiger partial charge is 0.378 e. The molecule has 0 aromatic carbocycles. The summed E-state index contributed by atoms with van der Waals surface area (Å²) in [5, 5.41) is 0. The number of hydrogen-bond acceptors (Lipinski definition) is 6. The first-order chi connectivity index (χ1) is 9.08. The van der Waals surface area contributed by atoms with E-state index in [9.17, 15) is 8.42 Å². The van der Waals surface area contributed by atoms with Crippen LogP contribution >= 0.6 is 0 Å². The van der Waals surface area contributed by atoms with Gasteiger partial charge in [-0.3, -0.25) is 0 Å². The summed E-state index contributed by atoms with van der Waals surface area (Å²) in [6.07, 6.45) is 6.44. The second-order valence-corrected chi connectivity index (χ2v) is 6.22. The smallest absolute Gasteiger partial charge is 0.243 e. The van der Waals surface area contributed by atoms with Gasteiger partial charge in [-0.2, -0.15) is 0 Å². The van der Waals surface area contributed by atoms with E-state index in [1.165, 1.54) is 12.4 Å². The lowest BCUT2D eigenvalue weighted by Crippen LogP contribution is -2.29. The van der Waals surface area contributed by atoms with Crippen LogP contribution in [0.15, 0.2) is 17.3 Å². The van der Waals surface area contributed by atoms with Crippen LogP contribution in [0.4, 0.5) is 5.95 Å². The lowest BCUT2D eigenvalue weighted by molar-refractivity contribution is 0.0123. The first-order valence-electron chi connectivity index (χ1n) is 6.27. The molecule has 1 aliphatic heterocycles. The van der Waals surface area contributed by atoms with Gasteiger partial charge < -0.3 is 10.5 Å². The van der Waals surface area contributed by atoms with Crippen molar-refractivity contribution < 1.29 is 13.2 Å². The number of nitrogens with two attached hydrogens (primary N) is 1. The summed E-state index contributed by atoms with van der Waals surface area (Å²) in [4.78, 5) is 7.35. The maximum Gasteiger partial charge on any atom is 0.243 e. The standard InChI is InChI=1S/C11H18N4O3S/c12-11-13-7-10(8-14-11)19(16,17)15-5-4-9-3-1-2-6-18-9/h7-9,15H,1-6H2,(H2,12,13,14). The van der Waals surface area contributed by atoms with Crippen LogP contribution in [0.5, 0.6) is 0 Å². The van der Waals surface area contributed by atoms with E-state index >= 15 is 0 Å². The van der Waals surface area contributed by atoms with Crippen molar-refractivity contribution in [2.45, 2.75) is 36.7 Å². The predicted molar refractivity (Wildman–Crippen MR) is 69.8 cm³/mol. The van der Waals surface area contributed by atoms with Gasteiger partial charge in [0.2, 0.25) is 16.0 Å². The molecule has 0 spiro atoms. The highest BCUT2D eigenvalue weighted by Crippen LogP contribution is 2.15. The van der Waals surface area contributed by atoms with E-state index < -0.39 is 10.0 Å².